The fourth-order valence-electron chi connectivity index (χ4n) is 2.22. The molecular formula is C13H16N2O3. The van der Waals surface area contributed by atoms with Crippen molar-refractivity contribution in [1.29, 1.82) is 0 Å². The van der Waals surface area contributed by atoms with Gasteiger partial charge in [0.1, 0.15) is 5.41 Å². The van der Waals surface area contributed by atoms with Crippen LogP contribution in [0.1, 0.15) is 25.0 Å². The van der Waals surface area contributed by atoms with E-state index in [1.165, 1.54) is 4.90 Å². The van der Waals surface area contributed by atoms with E-state index in [1.807, 2.05) is 12.1 Å². The fraction of sp³-hybridized carbons (Fsp3) is 0.462. The largest absolute Gasteiger partial charge is 0.480 e. The normalized spacial score (nSPS) is 16.7. The summed E-state index contributed by atoms with van der Waals surface area (Å²) in [5.41, 5.74) is -0.433. The summed E-state index contributed by atoms with van der Waals surface area (Å²) in [7, 11) is 1.63. The summed E-state index contributed by atoms with van der Waals surface area (Å²) in [4.78, 5) is 29.0. The Bertz CT molecular complexity index is 455. The quantitative estimate of drug-likeness (QED) is 0.815. The van der Waals surface area contributed by atoms with E-state index in [2.05, 4.69) is 4.98 Å². The van der Waals surface area contributed by atoms with Gasteiger partial charge in [0.05, 0.1) is 12.2 Å². The van der Waals surface area contributed by atoms with Crippen molar-refractivity contribution in [2.45, 2.75) is 25.8 Å². The van der Waals surface area contributed by atoms with E-state index in [0.717, 1.165) is 12.1 Å². The van der Waals surface area contributed by atoms with Gasteiger partial charge in [-0.2, -0.15) is 0 Å². The van der Waals surface area contributed by atoms with Gasteiger partial charge in [0.25, 0.3) is 0 Å². The summed E-state index contributed by atoms with van der Waals surface area (Å²) in [6, 6.07) is 5.46. The van der Waals surface area contributed by atoms with Crippen molar-refractivity contribution in [3.63, 3.8) is 0 Å². The highest BCUT2D eigenvalue weighted by molar-refractivity contribution is 6.02. The Balaban J connectivity index is 2.07. The van der Waals surface area contributed by atoms with Crippen LogP contribution in [-0.2, 0) is 16.1 Å². The average Bonchev–Trinajstić information content (AvgIpc) is 2.28. The second-order valence-corrected chi connectivity index (χ2v) is 4.72. The third-order valence-electron chi connectivity index (χ3n) is 3.50. The monoisotopic (exact) mass is 248 g/mol. The fourth-order valence-corrected chi connectivity index (χ4v) is 2.22. The van der Waals surface area contributed by atoms with Gasteiger partial charge in [-0.05, 0) is 25.0 Å². The van der Waals surface area contributed by atoms with Crippen molar-refractivity contribution in [1.82, 2.24) is 9.88 Å². The number of pyridine rings is 1. The number of aromatic nitrogens is 1. The molecule has 0 saturated heterocycles. The number of hydrogen-bond donors (Lipinski definition) is 1. The Kier molecular flexibility index (Phi) is 3.32. The molecule has 1 aliphatic rings. The predicted molar refractivity (Wildman–Crippen MR) is 64.6 cm³/mol. The lowest BCUT2D eigenvalue weighted by molar-refractivity contribution is -0.167. The maximum Gasteiger partial charge on any atom is 0.319 e. The van der Waals surface area contributed by atoms with Gasteiger partial charge in [-0.1, -0.05) is 12.5 Å². The van der Waals surface area contributed by atoms with Crippen LogP contribution in [0.15, 0.2) is 24.4 Å². The number of nitrogens with zero attached hydrogens (tertiary/aromatic N) is 2. The lowest BCUT2D eigenvalue weighted by atomic mass is 9.68. The van der Waals surface area contributed by atoms with Crippen LogP contribution < -0.4 is 0 Å². The number of carbonyl (C=O) groups excluding carboxylic acids is 1. The number of carbonyl (C=O) groups is 2. The van der Waals surface area contributed by atoms with E-state index in [4.69, 9.17) is 0 Å². The van der Waals surface area contributed by atoms with Crippen molar-refractivity contribution >= 4 is 11.9 Å². The second-order valence-electron chi connectivity index (χ2n) is 4.72. The van der Waals surface area contributed by atoms with E-state index < -0.39 is 11.4 Å². The van der Waals surface area contributed by atoms with Crippen molar-refractivity contribution in [2.75, 3.05) is 7.05 Å². The summed E-state index contributed by atoms with van der Waals surface area (Å²) in [6.45, 7) is 0.342. The molecule has 1 saturated carbocycles. The van der Waals surface area contributed by atoms with E-state index in [-0.39, 0.29) is 5.91 Å². The minimum atomic E-state index is -1.19. The van der Waals surface area contributed by atoms with Gasteiger partial charge in [-0.25, -0.2) is 0 Å². The molecule has 0 aliphatic heterocycles. The first-order valence-electron chi connectivity index (χ1n) is 5.95. The first kappa shape index (κ1) is 12.5. The van der Waals surface area contributed by atoms with Crippen molar-refractivity contribution in [3.05, 3.63) is 30.1 Å². The summed E-state index contributed by atoms with van der Waals surface area (Å²) in [6.07, 6.45) is 3.33. The molecule has 1 aromatic heterocycles. The summed E-state index contributed by atoms with van der Waals surface area (Å²) in [5.74, 6) is -1.32. The molecule has 0 aromatic carbocycles. The molecular weight excluding hydrogens is 232 g/mol. The molecule has 18 heavy (non-hydrogen) atoms. The molecule has 1 N–H and O–H groups in total. The minimum absolute atomic E-state index is 0.313. The number of amides is 1. The van der Waals surface area contributed by atoms with Gasteiger partial charge in [0.15, 0.2) is 0 Å². The molecule has 2 rings (SSSR count). The summed E-state index contributed by atoms with van der Waals surface area (Å²) < 4.78 is 0. The average molecular weight is 248 g/mol. The Morgan fingerprint density at radius 1 is 1.44 bits per heavy atom. The standard InChI is InChI=1S/C13H16N2O3/c1-15(9-10-5-2-3-8-14-10)11(16)13(12(17)18)6-4-7-13/h2-3,5,8H,4,6-7,9H2,1H3,(H,17,18). The Hall–Kier alpha value is -1.91. The highest BCUT2D eigenvalue weighted by Crippen LogP contribution is 2.42. The third-order valence-corrected chi connectivity index (χ3v) is 3.50. The van der Waals surface area contributed by atoms with Crippen molar-refractivity contribution in [2.24, 2.45) is 5.41 Å². The van der Waals surface area contributed by atoms with Crippen LogP contribution in [0.25, 0.3) is 0 Å². The smallest absolute Gasteiger partial charge is 0.319 e. The van der Waals surface area contributed by atoms with Gasteiger partial charge >= 0.3 is 5.97 Å². The van der Waals surface area contributed by atoms with E-state index in [1.54, 1.807) is 19.3 Å². The molecule has 1 aliphatic carbocycles. The van der Waals surface area contributed by atoms with E-state index in [9.17, 15) is 14.7 Å². The van der Waals surface area contributed by atoms with Crippen LogP contribution in [0.4, 0.5) is 0 Å². The highest BCUT2D eigenvalue weighted by Gasteiger charge is 2.52. The van der Waals surface area contributed by atoms with Crippen LogP contribution in [0.3, 0.4) is 0 Å². The van der Waals surface area contributed by atoms with Crippen molar-refractivity contribution in [3.8, 4) is 0 Å². The Labute approximate surface area is 105 Å². The molecule has 0 atom stereocenters. The molecule has 1 amide bonds. The first-order valence-corrected chi connectivity index (χ1v) is 5.95. The van der Waals surface area contributed by atoms with Gasteiger partial charge < -0.3 is 10.0 Å². The molecule has 1 fully saturated rings. The number of carboxylic acid groups (broad SMARTS) is 1. The van der Waals surface area contributed by atoms with E-state index in [0.29, 0.717) is 19.4 Å². The lowest BCUT2D eigenvalue weighted by Crippen LogP contribution is -2.51. The van der Waals surface area contributed by atoms with Gasteiger partial charge in [0.2, 0.25) is 5.91 Å². The molecule has 0 radical (unpaired) electrons. The maximum absolute atomic E-state index is 12.2. The van der Waals surface area contributed by atoms with Crippen LogP contribution >= 0.6 is 0 Å². The summed E-state index contributed by atoms with van der Waals surface area (Å²) >= 11 is 0. The molecule has 0 unspecified atom stereocenters. The van der Waals surface area contributed by atoms with Gasteiger partial charge in [0, 0.05) is 13.2 Å². The number of carboxylic acids is 1. The van der Waals surface area contributed by atoms with Crippen LogP contribution in [0.2, 0.25) is 0 Å². The van der Waals surface area contributed by atoms with Gasteiger partial charge in [-0.3, -0.25) is 14.6 Å². The maximum atomic E-state index is 12.2. The number of aliphatic carboxylic acids is 1. The topological polar surface area (TPSA) is 70.5 Å². The van der Waals surface area contributed by atoms with Crippen LogP contribution in [-0.4, -0.2) is 33.9 Å². The SMILES string of the molecule is CN(Cc1ccccn1)C(=O)C1(C(=O)O)CCC1. The summed E-state index contributed by atoms with van der Waals surface area (Å²) in [5, 5.41) is 9.21. The minimum Gasteiger partial charge on any atom is -0.480 e. The number of hydrogen-bond acceptors (Lipinski definition) is 3. The third kappa shape index (κ3) is 2.08. The highest BCUT2D eigenvalue weighted by atomic mass is 16.4. The Morgan fingerprint density at radius 2 is 2.17 bits per heavy atom. The molecule has 5 heteroatoms. The zero-order valence-electron chi connectivity index (χ0n) is 10.3. The molecule has 0 bridgehead atoms. The molecule has 96 valence electrons. The molecule has 0 spiro atoms. The number of rotatable bonds is 4. The van der Waals surface area contributed by atoms with Crippen molar-refractivity contribution < 1.29 is 14.7 Å². The predicted octanol–water partition coefficient (Wildman–Crippen LogP) is 1.29. The molecule has 1 heterocycles. The molecule has 5 nitrogen and oxygen atoms in total. The first-order chi connectivity index (χ1) is 8.56. The zero-order chi connectivity index (χ0) is 13.2. The zero-order valence-corrected chi connectivity index (χ0v) is 10.3. The van der Waals surface area contributed by atoms with Crippen LogP contribution in [0, 0.1) is 5.41 Å². The Morgan fingerprint density at radius 3 is 2.61 bits per heavy atom. The van der Waals surface area contributed by atoms with E-state index >= 15 is 0 Å². The second kappa shape index (κ2) is 4.76. The molecule has 1 aromatic rings. The van der Waals surface area contributed by atoms with Gasteiger partial charge in [-0.15, -0.1) is 0 Å². The lowest BCUT2D eigenvalue weighted by Gasteiger charge is -2.38. The van der Waals surface area contributed by atoms with Crippen LogP contribution in [0.5, 0.6) is 0 Å².